The van der Waals surface area contributed by atoms with E-state index in [1.165, 1.54) is 6.42 Å². The Morgan fingerprint density at radius 1 is 1.24 bits per heavy atom. The van der Waals surface area contributed by atoms with Crippen LogP contribution in [0.3, 0.4) is 0 Å². The van der Waals surface area contributed by atoms with Crippen LogP contribution in [0.5, 0.6) is 0 Å². The molecule has 2 aliphatic rings. The van der Waals surface area contributed by atoms with Gasteiger partial charge in [0.25, 0.3) is 10.0 Å². The van der Waals surface area contributed by atoms with Crippen LogP contribution in [0.2, 0.25) is 0 Å². The fraction of sp³-hybridized carbons (Fsp3) is 0.536. The SMILES string of the molecule is CN=CNc1c(C)cc(C(C)N=C(CNC)NS(=O)(=O)c2ccccc2)nc1CC1CC1C1CCOCC1. The van der Waals surface area contributed by atoms with E-state index in [-0.39, 0.29) is 17.5 Å². The Labute approximate surface area is 226 Å². The van der Waals surface area contributed by atoms with Crippen molar-refractivity contribution in [2.45, 2.75) is 50.5 Å². The third kappa shape index (κ3) is 7.18. The quantitative estimate of drug-likeness (QED) is 0.295. The molecule has 1 saturated carbocycles. The van der Waals surface area contributed by atoms with Crippen LogP contribution in [0.4, 0.5) is 5.69 Å². The van der Waals surface area contributed by atoms with Crippen molar-refractivity contribution in [2.24, 2.45) is 27.7 Å². The molecule has 10 heteroatoms. The number of pyridine rings is 1. The minimum atomic E-state index is -3.74. The number of hydrogen-bond acceptors (Lipinski definition) is 7. The van der Waals surface area contributed by atoms with Gasteiger partial charge in [-0.05, 0) is 88.1 Å². The Bertz CT molecular complexity index is 1240. The molecule has 4 rings (SSSR count). The van der Waals surface area contributed by atoms with E-state index in [0.29, 0.717) is 11.8 Å². The predicted octanol–water partition coefficient (Wildman–Crippen LogP) is 3.72. The highest BCUT2D eigenvalue weighted by molar-refractivity contribution is 7.90. The molecule has 3 N–H and O–H groups in total. The van der Waals surface area contributed by atoms with Gasteiger partial charge in [-0.2, -0.15) is 0 Å². The molecule has 3 atom stereocenters. The lowest BCUT2D eigenvalue weighted by Gasteiger charge is -2.22. The van der Waals surface area contributed by atoms with Gasteiger partial charge in [-0.3, -0.25) is 19.7 Å². The maximum absolute atomic E-state index is 12.9. The van der Waals surface area contributed by atoms with Gasteiger partial charge in [-0.25, -0.2) is 8.42 Å². The van der Waals surface area contributed by atoms with Crippen LogP contribution in [0.25, 0.3) is 0 Å². The molecule has 2 fully saturated rings. The summed E-state index contributed by atoms with van der Waals surface area (Å²) >= 11 is 0. The second-order valence-electron chi connectivity index (χ2n) is 10.2. The average Bonchev–Trinajstić information content (AvgIpc) is 3.68. The van der Waals surface area contributed by atoms with Crippen LogP contribution in [-0.4, -0.2) is 59.4 Å². The van der Waals surface area contributed by atoms with Crippen molar-refractivity contribution < 1.29 is 13.2 Å². The molecule has 9 nitrogen and oxygen atoms in total. The third-order valence-electron chi connectivity index (χ3n) is 7.38. The fourth-order valence-electron chi connectivity index (χ4n) is 5.32. The number of aromatic nitrogens is 1. The number of aryl methyl sites for hydroxylation is 1. The maximum Gasteiger partial charge on any atom is 0.262 e. The number of amidine groups is 1. The summed E-state index contributed by atoms with van der Waals surface area (Å²) in [7, 11) is -0.242. The standard InChI is InChI=1S/C28H40N6O3S/c1-19-14-25(20(2)32-27(17-29-3)34-38(35,36)23-8-6-5-7-9-23)33-26(28(19)31-18-30-4)16-22-15-24(22)21-10-12-37-13-11-21/h5-9,14,18,20-22,24,29H,10-13,15-17H2,1-4H3,(H,30,31)(H,32,34). The van der Waals surface area contributed by atoms with Gasteiger partial charge in [-0.1, -0.05) is 18.2 Å². The molecule has 0 bridgehead atoms. The fourth-order valence-corrected chi connectivity index (χ4v) is 6.39. The van der Waals surface area contributed by atoms with E-state index in [9.17, 15) is 8.42 Å². The first-order chi connectivity index (χ1) is 18.3. The zero-order valence-corrected chi connectivity index (χ0v) is 23.6. The lowest BCUT2D eigenvalue weighted by molar-refractivity contribution is 0.0581. The molecular weight excluding hydrogens is 500 g/mol. The van der Waals surface area contributed by atoms with Gasteiger partial charge in [0.15, 0.2) is 0 Å². The van der Waals surface area contributed by atoms with Gasteiger partial charge in [0.05, 0.1) is 40.9 Å². The summed E-state index contributed by atoms with van der Waals surface area (Å²) in [6.07, 6.45) is 6.14. The highest BCUT2D eigenvalue weighted by Gasteiger charge is 2.43. The molecule has 3 unspecified atom stereocenters. The lowest BCUT2D eigenvalue weighted by Crippen LogP contribution is -2.37. The van der Waals surface area contributed by atoms with Crippen molar-refractivity contribution in [1.82, 2.24) is 15.0 Å². The Morgan fingerprint density at radius 3 is 2.66 bits per heavy atom. The summed E-state index contributed by atoms with van der Waals surface area (Å²) in [5.74, 6) is 2.45. The molecule has 0 radical (unpaired) electrons. The van der Waals surface area contributed by atoms with Crippen LogP contribution < -0.4 is 15.4 Å². The first kappa shape index (κ1) is 28.2. The minimum Gasteiger partial charge on any atom is -0.381 e. The molecule has 1 saturated heterocycles. The minimum absolute atomic E-state index is 0.198. The van der Waals surface area contributed by atoms with E-state index in [2.05, 4.69) is 27.3 Å². The van der Waals surface area contributed by atoms with Crippen molar-refractivity contribution in [3.8, 4) is 0 Å². The average molecular weight is 541 g/mol. The van der Waals surface area contributed by atoms with Crippen LogP contribution >= 0.6 is 0 Å². The van der Waals surface area contributed by atoms with Gasteiger partial charge in [0.2, 0.25) is 0 Å². The largest absolute Gasteiger partial charge is 0.381 e. The molecule has 1 aromatic heterocycles. The van der Waals surface area contributed by atoms with Crippen molar-refractivity contribution in [3.63, 3.8) is 0 Å². The number of anilines is 1. The summed E-state index contributed by atoms with van der Waals surface area (Å²) in [6, 6.07) is 10.0. The summed E-state index contributed by atoms with van der Waals surface area (Å²) < 4.78 is 34.0. The van der Waals surface area contributed by atoms with E-state index in [0.717, 1.165) is 67.0 Å². The van der Waals surface area contributed by atoms with Crippen molar-refractivity contribution in [3.05, 3.63) is 53.3 Å². The number of aliphatic imine (C=N–C) groups is 2. The van der Waals surface area contributed by atoms with Gasteiger partial charge in [-0.15, -0.1) is 0 Å². The lowest BCUT2D eigenvalue weighted by atomic mass is 9.92. The number of nitrogens with zero attached hydrogens (tertiary/aromatic N) is 3. The van der Waals surface area contributed by atoms with Crippen LogP contribution in [0.15, 0.2) is 51.3 Å². The summed E-state index contributed by atoms with van der Waals surface area (Å²) in [6.45, 7) is 6.04. The number of sulfonamides is 1. The molecule has 0 amide bonds. The summed E-state index contributed by atoms with van der Waals surface area (Å²) in [5.41, 5.74) is 3.89. The molecule has 38 heavy (non-hydrogen) atoms. The zero-order chi connectivity index (χ0) is 27.1. The molecule has 1 aliphatic heterocycles. The number of likely N-dealkylation sites (N-methyl/N-ethyl adjacent to an activating group) is 1. The van der Waals surface area contributed by atoms with Crippen molar-refractivity contribution >= 4 is 27.9 Å². The molecule has 1 aliphatic carbocycles. The Balaban J connectivity index is 1.57. The van der Waals surface area contributed by atoms with Gasteiger partial charge >= 0.3 is 0 Å². The normalized spacial score (nSPS) is 21.4. The molecule has 0 spiro atoms. The predicted molar refractivity (Wildman–Crippen MR) is 152 cm³/mol. The third-order valence-corrected chi connectivity index (χ3v) is 8.78. The Morgan fingerprint density at radius 2 is 1.97 bits per heavy atom. The molecule has 206 valence electrons. The molecule has 2 heterocycles. The smallest absolute Gasteiger partial charge is 0.262 e. The van der Waals surface area contributed by atoms with Crippen molar-refractivity contribution in [1.29, 1.82) is 0 Å². The van der Waals surface area contributed by atoms with E-state index < -0.39 is 10.0 Å². The van der Waals surface area contributed by atoms with Gasteiger partial charge in [0, 0.05) is 20.3 Å². The second-order valence-corrected chi connectivity index (χ2v) is 11.9. The van der Waals surface area contributed by atoms with E-state index in [4.69, 9.17) is 14.7 Å². The topological polar surface area (TPSA) is 117 Å². The van der Waals surface area contributed by atoms with Crippen LogP contribution in [-0.2, 0) is 21.2 Å². The number of nitrogens with one attached hydrogen (secondary N) is 3. The molecule has 2 aromatic rings. The highest BCUT2D eigenvalue weighted by atomic mass is 32.2. The summed E-state index contributed by atoms with van der Waals surface area (Å²) in [5, 5.41) is 6.34. The van der Waals surface area contributed by atoms with E-state index in [1.54, 1.807) is 50.8 Å². The Kier molecular flexibility index (Phi) is 9.51. The first-order valence-corrected chi connectivity index (χ1v) is 14.8. The van der Waals surface area contributed by atoms with Crippen molar-refractivity contribution in [2.75, 3.05) is 39.2 Å². The number of benzene rings is 1. The highest BCUT2D eigenvalue weighted by Crippen LogP contribution is 2.50. The Hall–Kier alpha value is -2.82. The van der Waals surface area contributed by atoms with Crippen LogP contribution in [0.1, 0.15) is 49.2 Å². The zero-order valence-electron chi connectivity index (χ0n) is 22.8. The van der Waals surface area contributed by atoms with E-state index in [1.807, 2.05) is 13.0 Å². The number of ether oxygens (including phenoxy) is 1. The molecular formula is C28H40N6O3S. The number of rotatable bonds is 11. The second kappa shape index (κ2) is 12.8. The summed E-state index contributed by atoms with van der Waals surface area (Å²) in [4.78, 5) is 14.1. The van der Waals surface area contributed by atoms with Gasteiger partial charge in [0.1, 0.15) is 5.84 Å². The van der Waals surface area contributed by atoms with Crippen LogP contribution in [0, 0.1) is 24.7 Å². The van der Waals surface area contributed by atoms with E-state index >= 15 is 0 Å². The first-order valence-electron chi connectivity index (χ1n) is 13.4. The monoisotopic (exact) mass is 540 g/mol. The maximum atomic E-state index is 12.9. The van der Waals surface area contributed by atoms with Gasteiger partial charge < -0.3 is 15.4 Å². The number of hydrogen-bond donors (Lipinski definition) is 3. The molecule has 1 aromatic carbocycles.